The predicted octanol–water partition coefficient (Wildman–Crippen LogP) is 3.42. The zero-order chi connectivity index (χ0) is 17.8. The van der Waals surface area contributed by atoms with Gasteiger partial charge in [-0.25, -0.2) is 0 Å². The van der Waals surface area contributed by atoms with E-state index in [-0.39, 0.29) is 5.91 Å². The summed E-state index contributed by atoms with van der Waals surface area (Å²) in [6.07, 6.45) is 5.37. The molecule has 3 aromatic rings. The van der Waals surface area contributed by atoms with Gasteiger partial charge in [0.25, 0.3) is 0 Å². The van der Waals surface area contributed by atoms with Gasteiger partial charge in [-0.05, 0) is 24.3 Å². The number of carbonyl (C=O) groups is 1. The SMILES string of the molecule is CC(=O)N1CCc2c(c(-c3cccc4cc(C5CC5)ncc34)nn2C)C1. The van der Waals surface area contributed by atoms with Crippen LogP contribution in [0.2, 0.25) is 0 Å². The maximum atomic E-state index is 11.9. The first kappa shape index (κ1) is 15.6. The standard InChI is InChI=1S/C21H22N4O/c1-13(26)25-9-8-20-18(12-25)21(23-24(20)2)16-5-3-4-15-10-19(14-6-7-14)22-11-17(15)16/h3-5,10-11,14H,6-9,12H2,1-2H3. The second kappa shape index (κ2) is 5.66. The van der Waals surface area contributed by atoms with Crippen LogP contribution in [0.25, 0.3) is 22.0 Å². The number of aryl methyl sites for hydroxylation is 1. The number of fused-ring (bicyclic) bond motifs is 2. The highest BCUT2D eigenvalue weighted by molar-refractivity contribution is 5.96. The number of benzene rings is 1. The van der Waals surface area contributed by atoms with Crippen LogP contribution in [0.5, 0.6) is 0 Å². The molecular weight excluding hydrogens is 324 g/mol. The molecule has 1 saturated carbocycles. The van der Waals surface area contributed by atoms with E-state index < -0.39 is 0 Å². The van der Waals surface area contributed by atoms with Crippen LogP contribution in [0.3, 0.4) is 0 Å². The van der Waals surface area contributed by atoms with Crippen molar-refractivity contribution in [2.75, 3.05) is 6.54 Å². The Balaban J connectivity index is 1.65. The molecule has 1 aliphatic carbocycles. The quantitative estimate of drug-likeness (QED) is 0.714. The zero-order valence-corrected chi connectivity index (χ0v) is 15.2. The molecule has 0 N–H and O–H groups in total. The first-order valence-corrected chi connectivity index (χ1v) is 9.31. The van der Waals surface area contributed by atoms with Crippen LogP contribution in [0.4, 0.5) is 0 Å². The highest BCUT2D eigenvalue weighted by Gasteiger charge is 2.27. The smallest absolute Gasteiger partial charge is 0.219 e. The number of aromatic nitrogens is 3. The number of carbonyl (C=O) groups excluding carboxylic acids is 1. The normalized spacial score (nSPS) is 16.8. The Morgan fingerprint density at radius 2 is 2.12 bits per heavy atom. The molecule has 26 heavy (non-hydrogen) atoms. The van der Waals surface area contributed by atoms with E-state index in [9.17, 15) is 4.79 Å². The van der Waals surface area contributed by atoms with Gasteiger partial charge in [-0.1, -0.05) is 18.2 Å². The van der Waals surface area contributed by atoms with Crippen molar-refractivity contribution in [1.29, 1.82) is 0 Å². The lowest BCUT2D eigenvalue weighted by Gasteiger charge is -2.26. The van der Waals surface area contributed by atoms with Crippen molar-refractivity contribution in [3.63, 3.8) is 0 Å². The molecule has 2 aromatic heterocycles. The van der Waals surface area contributed by atoms with Crippen molar-refractivity contribution >= 4 is 16.7 Å². The van der Waals surface area contributed by atoms with Crippen LogP contribution < -0.4 is 0 Å². The predicted molar refractivity (Wildman–Crippen MR) is 101 cm³/mol. The van der Waals surface area contributed by atoms with Crippen molar-refractivity contribution in [3.05, 3.63) is 47.4 Å². The summed E-state index contributed by atoms with van der Waals surface area (Å²) >= 11 is 0. The second-order valence-electron chi connectivity index (χ2n) is 7.50. The van der Waals surface area contributed by atoms with Gasteiger partial charge in [0, 0.05) is 73.5 Å². The van der Waals surface area contributed by atoms with Gasteiger partial charge >= 0.3 is 0 Å². The highest BCUT2D eigenvalue weighted by Crippen LogP contribution is 2.41. The zero-order valence-electron chi connectivity index (χ0n) is 15.2. The number of hydrogen-bond acceptors (Lipinski definition) is 3. The fraction of sp³-hybridized carbons (Fsp3) is 0.381. The Bertz CT molecular complexity index is 1030. The van der Waals surface area contributed by atoms with E-state index in [4.69, 9.17) is 10.1 Å². The van der Waals surface area contributed by atoms with Gasteiger partial charge in [0.05, 0.1) is 5.69 Å². The fourth-order valence-electron chi connectivity index (χ4n) is 4.08. The van der Waals surface area contributed by atoms with Gasteiger partial charge in [-0.3, -0.25) is 14.5 Å². The molecule has 2 aliphatic rings. The summed E-state index contributed by atoms with van der Waals surface area (Å²) < 4.78 is 1.98. The summed E-state index contributed by atoms with van der Waals surface area (Å²) in [6, 6.07) is 8.61. The Morgan fingerprint density at radius 1 is 1.27 bits per heavy atom. The number of rotatable bonds is 2. The molecule has 1 amide bonds. The van der Waals surface area contributed by atoms with Gasteiger partial charge in [0.15, 0.2) is 0 Å². The van der Waals surface area contributed by atoms with Crippen molar-refractivity contribution in [2.45, 2.75) is 38.6 Å². The number of hydrogen-bond donors (Lipinski definition) is 0. The third kappa shape index (κ3) is 2.42. The molecule has 0 radical (unpaired) electrons. The third-order valence-corrected chi connectivity index (χ3v) is 5.72. The molecule has 1 aromatic carbocycles. The summed E-state index contributed by atoms with van der Waals surface area (Å²) in [5.41, 5.74) is 5.71. The highest BCUT2D eigenvalue weighted by atomic mass is 16.2. The number of amides is 1. The average molecular weight is 346 g/mol. The third-order valence-electron chi connectivity index (χ3n) is 5.72. The topological polar surface area (TPSA) is 51.0 Å². The summed E-state index contributed by atoms with van der Waals surface area (Å²) in [5.74, 6) is 0.772. The Morgan fingerprint density at radius 3 is 2.88 bits per heavy atom. The molecule has 1 aliphatic heterocycles. The maximum Gasteiger partial charge on any atom is 0.219 e. The Labute approximate surface area is 152 Å². The lowest BCUT2D eigenvalue weighted by molar-refractivity contribution is -0.129. The molecule has 132 valence electrons. The minimum Gasteiger partial charge on any atom is -0.338 e. The lowest BCUT2D eigenvalue weighted by atomic mass is 9.97. The molecule has 0 unspecified atom stereocenters. The second-order valence-corrected chi connectivity index (χ2v) is 7.50. The number of pyridine rings is 1. The van der Waals surface area contributed by atoms with E-state index in [0.29, 0.717) is 12.5 Å². The minimum absolute atomic E-state index is 0.124. The molecule has 5 heteroatoms. The van der Waals surface area contributed by atoms with Crippen LogP contribution in [0.1, 0.15) is 42.6 Å². The van der Waals surface area contributed by atoms with Crippen LogP contribution in [-0.2, 0) is 24.8 Å². The molecule has 3 heterocycles. The first-order chi connectivity index (χ1) is 12.6. The summed E-state index contributed by atoms with van der Waals surface area (Å²) in [4.78, 5) is 18.5. The average Bonchev–Trinajstić information content (AvgIpc) is 3.45. The van der Waals surface area contributed by atoms with Crippen molar-refractivity contribution in [2.24, 2.45) is 7.05 Å². The maximum absolute atomic E-state index is 11.9. The Hall–Kier alpha value is -2.69. The summed E-state index contributed by atoms with van der Waals surface area (Å²) in [7, 11) is 2.00. The van der Waals surface area contributed by atoms with Gasteiger partial charge < -0.3 is 4.90 Å². The molecule has 0 atom stereocenters. The van der Waals surface area contributed by atoms with Gasteiger partial charge in [0.1, 0.15) is 0 Å². The van der Waals surface area contributed by atoms with E-state index in [2.05, 4.69) is 24.3 Å². The van der Waals surface area contributed by atoms with Gasteiger partial charge in [-0.2, -0.15) is 5.10 Å². The molecule has 0 spiro atoms. The van der Waals surface area contributed by atoms with E-state index in [1.54, 1.807) is 6.92 Å². The van der Waals surface area contributed by atoms with E-state index in [1.807, 2.05) is 22.8 Å². The van der Waals surface area contributed by atoms with Crippen LogP contribution in [0.15, 0.2) is 30.5 Å². The largest absolute Gasteiger partial charge is 0.338 e. The molecular formula is C21H22N4O. The van der Waals surface area contributed by atoms with E-state index >= 15 is 0 Å². The van der Waals surface area contributed by atoms with Crippen LogP contribution >= 0.6 is 0 Å². The fourth-order valence-corrected chi connectivity index (χ4v) is 4.08. The van der Waals surface area contributed by atoms with Crippen molar-refractivity contribution in [3.8, 4) is 11.3 Å². The minimum atomic E-state index is 0.124. The van der Waals surface area contributed by atoms with Crippen molar-refractivity contribution in [1.82, 2.24) is 19.7 Å². The lowest BCUT2D eigenvalue weighted by Crippen LogP contribution is -2.34. The molecule has 0 bridgehead atoms. The first-order valence-electron chi connectivity index (χ1n) is 9.31. The van der Waals surface area contributed by atoms with Crippen LogP contribution in [-0.4, -0.2) is 32.1 Å². The van der Waals surface area contributed by atoms with Crippen molar-refractivity contribution < 1.29 is 4.79 Å². The summed E-state index contributed by atoms with van der Waals surface area (Å²) in [5, 5.41) is 7.18. The van der Waals surface area contributed by atoms with E-state index in [0.717, 1.165) is 29.6 Å². The summed E-state index contributed by atoms with van der Waals surface area (Å²) in [6.45, 7) is 3.04. The van der Waals surface area contributed by atoms with Gasteiger partial charge in [-0.15, -0.1) is 0 Å². The molecule has 5 rings (SSSR count). The molecule has 1 fully saturated rings. The monoisotopic (exact) mass is 346 g/mol. The number of nitrogens with zero attached hydrogens (tertiary/aromatic N) is 4. The van der Waals surface area contributed by atoms with Crippen LogP contribution in [0, 0.1) is 0 Å². The Kier molecular flexibility index (Phi) is 3.39. The molecule has 0 saturated heterocycles. The molecule has 5 nitrogen and oxygen atoms in total. The van der Waals surface area contributed by atoms with Gasteiger partial charge in [0.2, 0.25) is 5.91 Å². The van der Waals surface area contributed by atoms with E-state index in [1.165, 1.54) is 35.2 Å².